The Hall–Kier alpha value is -1.60. The number of aromatic nitrogens is 2. The van der Waals surface area contributed by atoms with Crippen LogP contribution in [0.4, 0.5) is 0 Å². The van der Waals surface area contributed by atoms with Crippen molar-refractivity contribution in [1.29, 1.82) is 0 Å². The summed E-state index contributed by atoms with van der Waals surface area (Å²) in [6.07, 6.45) is 4.40. The number of carbonyl (C=O) groups excluding carboxylic acids is 1. The average molecular weight is 378 g/mol. The van der Waals surface area contributed by atoms with Crippen LogP contribution in [-0.2, 0) is 4.79 Å². The Bertz CT molecular complexity index is 676. The van der Waals surface area contributed by atoms with E-state index in [1.807, 2.05) is 19.1 Å². The van der Waals surface area contributed by atoms with Gasteiger partial charge in [0.05, 0.1) is 18.4 Å². The molecule has 1 aromatic carbocycles. The van der Waals surface area contributed by atoms with E-state index in [1.54, 1.807) is 12.6 Å². The summed E-state index contributed by atoms with van der Waals surface area (Å²) in [5.41, 5.74) is 2.88. The maximum absolute atomic E-state index is 13.1. The molecule has 2 heterocycles. The standard InChI is InChI=1S/C18H23N3O2S2/c1-13(25-18-20-19-12-24-18)17(22)21-11-5-3-4-6-16(21)14-7-9-15(23-2)10-8-14/h7-10,12-13,16H,3-6,11H2,1-2H3/t13-,16-/m0/s1. The zero-order valence-corrected chi connectivity index (χ0v) is 16.2. The average Bonchev–Trinajstić information content (AvgIpc) is 3.03. The molecule has 3 rings (SSSR count). The van der Waals surface area contributed by atoms with Gasteiger partial charge in [-0.05, 0) is 37.5 Å². The fourth-order valence-electron chi connectivity index (χ4n) is 3.19. The molecule has 1 aromatic heterocycles. The molecule has 1 amide bonds. The molecular formula is C18H23N3O2S2. The summed E-state index contributed by atoms with van der Waals surface area (Å²) in [6, 6.07) is 8.25. The van der Waals surface area contributed by atoms with Crippen molar-refractivity contribution in [3.05, 3.63) is 35.3 Å². The summed E-state index contributed by atoms with van der Waals surface area (Å²) in [7, 11) is 1.67. The molecular weight excluding hydrogens is 354 g/mol. The van der Waals surface area contributed by atoms with Crippen molar-refractivity contribution in [2.75, 3.05) is 13.7 Å². The van der Waals surface area contributed by atoms with Gasteiger partial charge in [0.2, 0.25) is 5.91 Å². The molecule has 1 aliphatic heterocycles. The van der Waals surface area contributed by atoms with Crippen LogP contribution in [0.3, 0.4) is 0 Å². The Morgan fingerprint density at radius 3 is 2.80 bits per heavy atom. The summed E-state index contributed by atoms with van der Waals surface area (Å²) >= 11 is 2.97. The number of likely N-dealkylation sites (tertiary alicyclic amines) is 1. The fourth-order valence-corrected chi connectivity index (χ4v) is 4.89. The monoisotopic (exact) mass is 377 g/mol. The normalized spacial score (nSPS) is 19.3. The van der Waals surface area contributed by atoms with E-state index in [2.05, 4.69) is 27.2 Å². The van der Waals surface area contributed by atoms with E-state index in [9.17, 15) is 4.79 Å². The second-order valence-corrected chi connectivity index (χ2v) is 8.56. The van der Waals surface area contributed by atoms with E-state index in [0.717, 1.165) is 35.9 Å². The van der Waals surface area contributed by atoms with Gasteiger partial charge in [0.25, 0.3) is 0 Å². The molecule has 1 fully saturated rings. The minimum Gasteiger partial charge on any atom is -0.497 e. The van der Waals surface area contributed by atoms with Gasteiger partial charge in [-0.15, -0.1) is 10.2 Å². The van der Waals surface area contributed by atoms with E-state index in [-0.39, 0.29) is 17.2 Å². The summed E-state index contributed by atoms with van der Waals surface area (Å²) in [4.78, 5) is 15.2. The SMILES string of the molecule is COc1ccc([C@@H]2CCCCCN2C(=O)[C@H](C)Sc2nncs2)cc1. The Morgan fingerprint density at radius 2 is 2.12 bits per heavy atom. The topological polar surface area (TPSA) is 55.3 Å². The van der Waals surface area contributed by atoms with Gasteiger partial charge < -0.3 is 9.64 Å². The quantitative estimate of drug-likeness (QED) is 0.732. The first-order valence-electron chi connectivity index (χ1n) is 8.56. The van der Waals surface area contributed by atoms with Gasteiger partial charge >= 0.3 is 0 Å². The van der Waals surface area contributed by atoms with Gasteiger partial charge in [-0.1, -0.05) is 48.1 Å². The predicted molar refractivity (Wildman–Crippen MR) is 101 cm³/mol. The van der Waals surface area contributed by atoms with Crippen LogP contribution >= 0.6 is 23.1 Å². The first-order valence-corrected chi connectivity index (χ1v) is 10.3. The van der Waals surface area contributed by atoms with Crippen molar-refractivity contribution in [2.45, 2.75) is 48.2 Å². The second kappa shape index (κ2) is 8.67. The lowest BCUT2D eigenvalue weighted by molar-refractivity contribution is -0.132. The largest absolute Gasteiger partial charge is 0.497 e. The van der Waals surface area contributed by atoms with E-state index in [1.165, 1.54) is 35.1 Å². The molecule has 0 unspecified atom stereocenters. The zero-order valence-electron chi connectivity index (χ0n) is 14.6. The first kappa shape index (κ1) is 18.2. The molecule has 0 radical (unpaired) electrons. The zero-order chi connectivity index (χ0) is 17.6. The van der Waals surface area contributed by atoms with Crippen molar-refractivity contribution in [3.63, 3.8) is 0 Å². The van der Waals surface area contributed by atoms with Crippen LogP contribution in [0, 0.1) is 0 Å². The van der Waals surface area contributed by atoms with Crippen LogP contribution < -0.4 is 4.74 Å². The van der Waals surface area contributed by atoms with Crippen molar-refractivity contribution >= 4 is 29.0 Å². The number of amides is 1. The number of benzene rings is 1. The maximum atomic E-state index is 13.1. The number of carbonyl (C=O) groups is 1. The molecule has 5 nitrogen and oxygen atoms in total. The molecule has 1 aliphatic rings. The van der Waals surface area contributed by atoms with Crippen LogP contribution in [-0.4, -0.2) is 39.9 Å². The Labute approximate surface area is 156 Å². The molecule has 0 spiro atoms. The number of ether oxygens (including phenoxy) is 1. The third-order valence-corrected chi connectivity index (χ3v) is 6.40. The summed E-state index contributed by atoms with van der Waals surface area (Å²) in [5, 5.41) is 7.74. The molecule has 7 heteroatoms. The smallest absolute Gasteiger partial charge is 0.236 e. The van der Waals surface area contributed by atoms with E-state index in [4.69, 9.17) is 4.74 Å². The number of hydrogen-bond donors (Lipinski definition) is 0. The molecule has 0 bridgehead atoms. The maximum Gasteiger partial charge on any atom is 0.236 e. The van der Waals surface area contributed by atoms with Crippen LogP contribution in [0.5, 0.6) is 5.75 Å². The lowest BCUT2D eigenvalue weighted by Gasteiger charge is -2.32. The molecule has 25 heavy (non-hydrogen) atoms. The second-order valence-electron chi connectivity index (χ2n) is 6.13. The highest BCUT2D eigenvalue weighted by molar-refractivity contribution is 8.02. The van der Waals surface area contributed by atoms with E-state index in [0.29, 0.717) is 0 Å². The van der Waals surface area contributed by atoms with Gasteiger partial charge in [-0.25, -0.2) is 0 Å². The Balaban J connectivity index is 1.77. The molecule has 2 atom stereocenters. The summed E-state index contributed by atoms with van der Waals surface area (Å²) in [6.45, 7) is 2.78. The lowest BCUT2D eigenvalue weighted by Crippen LogP contribution is -2.39. The van der Waals surface area contributed by atoms with Crippen LogP contribution in [0.25, 0.3) is 0 Å². The number of rotatable bonds is 5. The van der Waals surface area contributed by atoms with Gasteiger partial charge in [-0.2, -0.15) is 0 Å². The number of hydrogen-bond acceptors (Lipinski definition) is 6. The van der Waals surface area contributed by atoms with Crippen molar-refractivity contribution in [3.8, 4) is 5.75 Å². The molecule has 0 N–H and O–H groups in total. The van der Waals surface area contributed by atoms with Crippen LogP contribution in [0.2, 0.25) is 0 Å². The first-order chi connectivity index (χ1) is 12.2. The molecule has 0 saturated carbocycles. The van der Waals surface area contributed by atoms with Crippen LogP contribution in [0.15, 0.2) is 34.1 Å². The summed E-state index contributed by atoms with van der Waals surface area (Å²) < 4.78 is 6.10. The summed E-state index contributed by atoms with van der Waals surface area (Å²) in [5.74, 6) is 1.03. The van der Waals surface area contributed by atoms with Crippen molar-refractivity contribution in [2.24, 2.45) is 0 Å². The number of methoxy groups -OCH3 is 1. The highest BCUT2D eigenvalue weighted by atomic mass is 32.2. The Kier molecular flexibility index (Phi) is 6.31. The molecule has 0 aliphatic carbocycles. The van der Waals surface area contributed by atoms with Gasteiger partial charge in [-0.3, -0.25) is 4.79 Å². The third-order valence-electron chi connectivity index (χ3n) is 4.50. The predicted octanol–water partition coefficient (Wildman–Crippen LogP) is 4.17. The molecule has 2 aromatic rings. The highest BCUT2D eigenvalue weighted by Crippen LogP contribution is 2.34. The van der Waals surface area contributed by atoms with E-state index >= 15 is 0 Å². The van der Waals surface area contributed by atoms with Gasteiger partial charge in [0.15, 0.2) is 4.34 Å². The van der Waals surface area contributed by atoms with E-state index < -0.39 is 0 Å². The fraction of sp³-hybridized carbons (Fsp3) is 0.500. The van der Waals surface area contributed by atoms with Crippen molar-refractivity contribution < 1.29 is 9.53 Å². The number of thioether (sulfide) groups is 1. The molecule has 1 saturated heterocycles. The van der Waals surface area contributed by atoms with Crippen molar-refractivity contribution in [1.82, 2.24) is 15.1 Å². The minimum atomic E-state index is -0.160. The van der Waals surface area contributed by atoms with Crippen LogP contribution in [0.1, 0.15) is 44.2 Å². The Morgan fingerprint density at radius 1 is 1.32 bits per heavy atom. The third kappa shape index (κ3) is 4.52. The number of nitrogens with zero attached hydrogens (tertiary/aromatic N) is 3. The van der Waals surface area contributed by atoms with Gasteiger partial charge in [0, 0.05) is 6.54 Å². The lowest BCUT2D eigenvalue weighted by atomic mass is 10.0. The minimum absolute atomic E-state index is 0.137. The van der Waals surface area contributed by atoms with Gasteiger partial charge in [0.1, 0.15) is 11.3 Å². The molecule has 134 valence electrons. The highest BCUT2D eigenvalue weighted by Gasteiger charge is 2.30.